The lowest BCUT2D eigenvalue weighted by Crippen LogP contribution is -2.12. The van der Waals surface area contributed by atoms with E-state index in [1.807, 2.05) is 24.3 Å². The lowest BCUT2D eigenvalue weighted by molar-refractivity contribution is -0.116. The Morgan fingerprint density at radius 2 is 2.00 bits per heavy atom. The molecule has 0 fully saturated rings. The molecular formula is C16H16BrNO3. The number of phenolic OH excluding ortho intramolecular Hbond substituents is 1. The highest BCUT2D eigenvalue weighted by atomic mass is 79.9. The Labute approximate surface area is 131 Å². The second-order valence-corrected chi connectivity index (χ2v) is 5.42. The van der Waals surface area contributed by atoms with Crippen LogP contribution < -0.4 is 10.1 Å². The Hall–Kier alpha value is -2.01. The number of anilines is 1. The Kier molecular flexibility index (Phi) is 5.63. The predicted octanol–water partition coefficient (Wildman–Crippen LogP) is 3.95. The van der Waals surface area contributed by atoms with Crippen molar-refractivity contribution in [2.75, 3.05) is 11.9 Å². The molecule has 0 spiro atoms. The number of nitrogens with one attached hydrogen (secondary N) is 1. The summed E-state index contributed by atoms with van der Waals surface area (Å²) in [5.41, 5.74) is 0.591. The molecule has 0 aliphatic heterocycles. The van der Waals surface area contributed by atoms with Gasteiger partial charge in [0.2, 0.25) is 5.91 Å². The number of amides is 1. The molecule has 0 aliphatic carbocycles. The summed E-state index contributed by atoms with van der Waals surface area (Å²) in [4.78, 5) is 11.7. The molecule has 0 heterocycles. The van der Waals surface area contributed by atoms with Crippen LogP contribution in [0.5, 0.6) is 11.5 Å². The van der Waals surface area contributed by atoms with Crippen LogP contribution in [-0.4, -0.2) is 17.6 Å². The first-order chi connectivity index (χ1) is 10.1. The second-order valence-electron chi connectivity index (χ2n) is 4.51. The third kappa shape index (κ3) is 5.47. The Balaban J connectivity index is 1.70. The van der Waals surface area contributed by atoms with E-state index in [4.69, 9.17) is 4.74 Å². The molecule has 2 N–H and O–H groups in total. The minimum Gasteiger partial charge on any atom is -0.508 e. The zero-order valence-electron chi connectivity index (χ0n) is 11.4. The fourth-order valence-corrected chi connectivity index (χ4v) is 2.16. The van der Waals surface area contributed by atoms with Crippen molar-refractivity contribution in [1.82, 2.24) is 0 Å². The predicted molar refractivity (Wildman–Crippen MR) is 85.6 cm³/mol. The number of hydrogen-bond acceptors (Lipinski definition) is 3. The van der Waals surface area contributed by atoms with Gasteiger partial charge in [-0.05, 0) is 36.8 Å². The molecule has 2 aromatic carbocycles. The normalized spacial score (nSPS) is 10.1. The molecule has 0 atom stereocenters. The summed E-state index contributed by atoms with van der Waals surface area (Å²) in [5.74, 6) is 0.807. The van der Waals surface area contributed by atoms with Gasteiger partial charge in [0.25, 0.3) is 0 Å². The van der Waals surface area contributed by atoms with Crippen molar-refractivity contribution >= 4 is 27.5 Å². The van der Waals surface area contributed by atoms with Gasteiger partial charge in [-0.3, -0.25) is 4.79 Å². The molecule has 21 heavy (non-hydrogen) atoms. The van der Waals surface area contributed by atoms with Crippen LogP contribution in [0, 0.1) is 0 Å². The van der Waals surface area contributed by atoms with Crippen molar-refractivity contribution in [2.24, 2.45) is 0 Å². The lowest BCUT2D eigenvalue weighted by atomic mass is 10.2. The fourth-order valence-electron chi connectivity index (χ4n) is 1.79. The average molecular weight is 350 g/mol. The molecule has 0 aliphatic rings. The van der Waals surface area contributed by atoms with E-state index >= 15 is 0 Å². The van der Waals surface area contributed by atoms with Crippen molar-refractivity contribution in [3.05, 3.63) is 53.0 Å². The number of halogens is 1. The highest BCUT2D eigenvalue weighted by Gasteiger charge is 2.03. The highest BCUT2D eigenvalue weighted by Crippen LogP contribution is 2.18. The molecule has 0 saturated carbocycles. The van der Waals surface area contributed by atoms with Crippen LogP contribution >= 0.6 is 15.9 Å². The number of phenols is 1. The molecule has 0 saturated heterocycles. The van der Waals surface area contributed by atoms with Gasteiger partial charge >= 0.3 is 0 Å². The maximum Gasteiger partial charge on any atom is 0.224 e. The van der Waals surface area contributed by atoms with E-state index in [-0.39, 0.29) is 11.7 Å². The standard InChI is InChI=1S/C16H16BrNO3/c17-12-4-1-7-15(10-12)21-9-3-8-16(20)18-13-5-2-6-14(19)11-13/h1-2,4-7,10-11,19H,3,8-9H2,(H,18,20). The summed E-state index contributed by atoms with van der Waals surface area (Å²) in [6.07, 6.45) is 0.987. The van der Waals surface area contributed by atoms with Crippen LogP contribution in [0.4, 0.5) is 5.69 Å². The van der Waals surface area contributed by atoms with Gasteiger partial charge < -0.3 is 15.2 Å². The fraction of sp³-hybridized carbons (Fsp3) is 0.188. The molecule has 1 amide bonds. The summed E-state index contributed by atoms with van der Waals surface area (Å²) in [6, 6.07) is 14.1. The Morgan fingerprint density at radius 1 is 1.19 bits per heavy atom. The summed E-state index contributed by atoms with van der Waals surface area (Å²) in [7, 11) is 0. The van der Waals surface area contributed by atoms with E-state index in [0.29, 0.717) is 25.1 Å². The van der Waals surface area contributed by atoms with Gasteiger partial charge in [0.05, 0.1) is 6.61 Å². The van der Waals surface area contributed by atoms with Crippen molar-refractivity contribution in [3.63, 3.8) is 0 Å². The lowest BCUT2D eigenvalue weighted by Gasteiger charge is -2.07. The van der Waals surface area contributed by atoms with Crippen molar-refractivity contribution in [2.45, 2.75) is 12.8 Å². The second kappa shape index (κ2) is 7.69. The van der Waals surface area contributed by atoms with Gasteiger partial charge in [0, 0.05) is 22.6 Å². The average Bonchev–Trinajstić information content (AvgIpc) is 2.44. The van der Waals surface area contributed by atoms with Crippen molar-refractivity contribution in [3.8, 4) is 11.5 Å². The third-order valence-electron chi connectivity index (χ3n) is 2.74. The molecule has 5 heteroatoms. The number of carbonyl (C=O) groups excluding carboxylic acids is 1. The van der Waals surface area contributed by atoms with Gasteiger partial charge in [0.1, 0.15) is 11.5 Å². The van der Waals surface area contributed by atoms with E-state index in [0.717, 1.165) is 10.2 Å². The number of rotatable bonds is 6. The monoisotopic (exact) mass is 349 g/mol. The zero-order valence-corrected chi connectivity index (χ0v) is 13.0. The number of hydrogen-bond donors (Lipinski definition) is 2. The topological polar surface area (TPSA) is 58.6 Å². The molecule has 0 aromatic heterocycles. The minimum absolute atomic E-state index is 0.0987. The first kappa shape index (κ1) is 15.4. The molecule has 0 radical (unpaired) electrons. The first-order valence-electron chi connectivity index (χ1n) is 6.61. The molecule has 0 unspecified atom stereocenters. The highest BCUT2D eigenvalue weighted by molar-refractivity contribution is 9.10. The summed E-state index contributed by atoms with van der Waals surface area (Å²) >= 11 is 3.37. The summed E-state index contributed by atoms with van der Waals surface area (Å²) in [5, 5.41) is 12.0. The molecular weight excluding hydrogens is 334 g/mol. The zero-order chi connectivity index (χ0) is 15.1. The number of ether oxygens (including phenoxy) is 1. The van der Waals surface area contributed by atoms with Gasteiger partial charge in [-0.25, -0.2) is 0 Å². The largest absolute Gasteiger partial charge is 0.508 e. The van der Waals surface area contributed by atoms with E-state index < -0.39 is 0 Å². The maximum atomic E-state index is 11.7. The van der Waals surface area contributed by atoms with Gasteiger partial charge in [-0.2, -0.15) is 0 Å². The van der Waals surface area contributed by atoms with E-state index in [9.17, 15) is 9.90 Å². The van der Waals surface area contributed by atoms with Gasteiger partial charge in [0.15, 0.2) is 0 Å². The van der Waals surface area contributed by atoms with Gasteiger partial charge in [-0.15, -0.1) is 0 Å². The summed E-state index contributed by atoms with van der Waals surface area (Å²) in [6.45, 7) is 0.476. The van der Waals surface area contributed by atoms with Crippen LogP contribution in [0.25, 0.3) is 0 Å². The van der Waals surface area contributed by atoms with Crippen LogP contribution in [0.15, 0.2) is 53.0 Å². The number of benzene rings is 2. The maximum absolute atomic E-state index is 11.7. The van der Waals surface area contributed by atoms with Crippen LogP contribution in [-0.2, 0) is 4.79 Å². The smallest absolute Gasteiger partial charge is 0.224 e. The molecule has 110 valence electrons. The van der Waals surface area contributed by atoms with E-state index in [2.05, 4.69) is 21.2 Å². The Morgan fingerprint density at radius 3 is 2.76 bits per heavy atom. The molecule has 4 nitrogen and oxygen atoms in total. The van der Waals surface area contributed by atoms with Crippen molar-refractivity contribution in [1.29, 1.82) is 0 Å². The first-order valence-corrected chi connectivity index (χ1v) is 7.40. The number of aromatic hydroxyl groups is 1. The number of carbonyl (C=O) groups is 1. The summed E-state index contributed by atoms with van der Waals surface area (Å²) < 4.78 is 6.52. The molecule has 2 rings (SSSR count). The van der Waals surface area contributed by atoms with Crippen LogP contribution in [0.1, 0.15) is 12.8 Å². The third-order valence-corrected chi connectivity index (χ3v) is 3.24. The SMILES string of the molecule is O=C(CCCOc1cccc(Br)c1)Nc1cccc(O)c1. The Bertz CT molecular complexity index is 616. The quantitative estimate of drug-likeness (QED) is 0.776. The molecule has 2 aromatic rings. The van der Waals surface area contributed by atoms with E-state index in [1.165, 1.54) is 6.07 Å². The van der Waals surface area contributed by atoms with E-state index in [1.54, 1.807) is 18.2 Å². The van der Waals surface area contributed by atoms with Crippen LogP contribution in [0.2, 0.25) is 0 Å². The van der Waals surface area contributed by atoms with Gasteiger partial charge in [-0.1, -0.05) is 28.1 Å². The van der Waals surface area contributed by atoms with Crippen LogP contribution in [0.3, 0.4) is 0 Å². The minimum atomic E-state index is -0.0987. The van der Waals surface area contributed by atoms with Crippen molar-refractivity contribution < 1.29 is 14.6 Å². The molecule has 0 bridgehead atoms.